The highest BCUT2D eigenvalue weighted by atomic mass is 16.7. The van der Waals surface area contributed by atoms with Crippen LogP contribution in [0.5, 0.6) is 17.2 Å². The first-order valence-electron chi connectivity index (χ1n) is 24.5. The molecule has 4 aliphatic heterocycles. The number of Topliss-reactive ketones (excluding diaryl/α,β-unsaturated/α-hetero) is 1. The number of carbonyl (C=O) groups excluding carboxylic acids is 2. The van der Waals surface area contributed by atoms with E-state index in [1.54, 1.807) is 25.3 Å². The molecule has 4 aromatic carbocycles. The summed E-state index contributed by atoms with van der Waals surface area (Å²) in [5.41, 5.74) is 4.35. The zero-order valence-electron chi connectivity index (χ0n) is 39.4. The van der Waals surface area contributed by atoms with Crippen molar-refractivity contribution in [2.24, 2.45) is 5.92 Å². The van der Waals surface area contributed by atoms with Gasteiger partial charge in [0.25, 0.3) is 5.91 Å². The van der Waals surface area contributed by atoms with Crippen LogP contribution in [0.15, 0.2) is 54.7 Å². The standard InChI is InChI=1S/C55H59N3O12/c1-65-20-4-3-19-56-24-30-13-17-41-37(22-30)39(25-57-41)43-18-16-36-44(66-2)23-38-34-15-14-32-9-5-11-33(32)46(34)48-42(60)27-58-26-40-31(8-6-12-35(40)53(58)63)10-7-21-67-52-49(61)45(28-68-43)69-54(55(52,64)29-59)70-51(36)47(38)50(48)62/h6,8,12-13,16-18,22-23,25,32-33,43,45,49,52,54,56-57,59,61-62,64H,3-5,9-11,14-15,19-20,24,26-29H2,1-2H3/b18-16+/t32-,33-,43-,45-,49-,52+,54-,55-/m1/s1. The predicted molar refractivity (Wildman–Crippen MR) is 259 cm³/mol. The molecule has 8 bridgehead atoms. The number of hydrogen-bond donors (Lipinski definition) is 6. The van der Waals surface area contributed by atoms with E-state index in [1.807, 2.05) is 30.5 Å². The third kappa shape index (κ3) is 7.90. The van der Waals surface area contributed by atoms with E-state index in [1.165, 1.54) is 12.0 Å². The number of aryl methyl sites for hydroxylation is 1. The van der Waals surface area contributed by atoms with E-state index in [0.717, 1.165) is 89.4 Å². The molecule has 0 unspecified atom stereocenters. The second kappa shape index (κ2) is 19.0. The molecule has 0 spiro atoms. The predicted octanol–water partition coefficient (Wildman–Crippen LogP) is 6.10. The Hall–Kier alpha value is -5.96. The Morgan fingerprint density at radius 2 is 1.93 bits per heavy atom. The molecule has 1 amide bonds. The molecular weight excluding hydrogens is 895 g/mol. The number of aromatic hydroxyl groups is 1. The number of H-pyrrole nitrogens is 1. The summed E-state index contributed by atoms with van der Waals surface area (Å²) in [6.45, 7) is 0.854. The van der Waals surface area contributed by atoms with Crippen molar-refractivity contribution >= 4 is 39.4 Å². The van der Waals surface area contributed by atoms with Crippen LogP contribution in [-0.2, 0) is 44.9 Å². The topological polar surface area (TPSA) is 202 Å². The van der Waals surface area contributed by atoms with Gasteiger partial charge in [0.2, 0.25) is 6.29 Å². The lowest BCUT2D eigenvalue weighted by molar-refractivity contribution is -0.328. The molecule has 15 nitrogen and oxygen atoms in total. The molecule has 1 aromatic heterocycles. The quantitative estimate of drug-likeness (QED) is 0.0694. The van der Waals surface area contributed by atoms with Crippen LogP contribution in [0.1, 0.15) is 110 Å². The summed E-state index contributed by atoms with van der Waals surface area (Å²) in [6.07, 6.45) is 7.58. The number of aliphatic hydroxyl groups excluding tert-OH is 2. The molecule has 6 N–H and O–H groups in total. The number of benzene rings is 4. The number of phenols is 1. The summed E-state index contributed by atoms with van der Waals surface area (Å²) < 4.78 is 37.6. The lowest BCUT2D eigenvalue weighted by Gasteiger charge is -2.47. The van der Waals surface area contributed by atoms with Gasteiger partial charge in [-0.25, -0.2) is 0 Å². The summed E-state index contributed by atoms with van der Waals surface area (Å²) >= 11 is 0. The van der Waals surface area contributed by atoms with Crippen LogP contribution in [0, 0.1) is 17.9 Å². The Morgan fingerprint density at radius 3 is 2.77 bits per heavy atom. The van der Waals surface area contributed by atoms with Gasteiger partial charge >= 0.3 is 0 Å². The Bertz CT molecular complexity index is 2970. The average Bonchev–Trinajstić information content (AvgIpc) is 4.10. The third-order valence-electron chi connectivity index (χ3n) is 15.6. The van der Waals surface area contributed by atoms with Crippen molar-refractivity contribution in [3.8, 4) is 29.3 Å². The molecule has 2 aliphatic carbocycles. The summed E-state index contributed by atoms with van der Waals surface area (Å²) in [7, 11) is 3.24. The SMILES string of the molecule is COCCCCNCc1ccc2[nH]cc([C@H]3/C=C/c4c(OC)cc5c6c(c7c(O)c5c4O[C@H]4O[C@H](CO3)[C@@H](O)[C@H](OC#CCc3cccc5c3CN(CC7=O)C5=O)[C@]4(O)CO)[C@@H]3CCC[C@@H]3CC6)c2c1. The number of aliphatic hydroxyl groups is 3. The number of methoxy groups -OCH3 is 2. The molecule has 8 atom stereocenters. The van der Waals surface area contributed by atoms with Gasteiger partial charge in [-0.1, -0.05) is 36.6 Å². The molecule has 1 saturated heterocycles. The van der Waals surface area contributed by atoms with Crippen LogP contribution >= 0.6 is 0 Å². The molecule has 70 heavy (non-hydrogen) atoms. The van der Waals surface area contributed by atoms with E-state index < -0.39 is 48.7 Å². The van der Waals surface area contributed by atoms with Crippen molar-refractivity contribution in [3.05, 3.63) is 105 Å². The van der Waals surface area contributed by atoms with E-state index in [0.29, 0.717) is 47.8 Å². The number of aromatic nitrogens is 1. The van der Waals surface area contributed by atoms with Crippen LogP contribution < -0.4 is 14.8 Å². The number of rotatable bonds is 10. The van der Waals surface area contributed by atoms with Crippen LogP contribution in [-0.4, -0.2) is 119 Å². The van der Waals surface area contributed by atoms with E-state index in [-0.39, 0.29) is 60.4 Å². The summed E-state index contributed by atoms with van der Waals surface area (Å²) in [5, 5.41) is 54.2. The second-order valence-corrected chi connectivity index (χ2v) is 19.6. The van der Waals surface area contributed by atoms with E-state index in [4.69, 9.17) is 28.4 Å². The van der Waals surface area contributed by atoms with Gasteiger partial charge in [0.15, 0.2) is 17.5 Å². The Balaban J connectivity index is 1.11. The molecule has 1 saturated carbocycles. The van der Waals surface area contributed by atoms with Gasteiger partial charge in [-0.15, -0.1) is 0 Å². The lowest BCUT2D eigenvalue weighted by atomic mass is 9.72. The van der Waals surface area contributed by atoms with Crippen molar-refractivity contribution in [1.82, 2.24) is 15.2 Å². The normalized spacial score (nSPS) is 27.4. The van der Waals surface area contributed by atoms with Crippen LogP contribution in [0.3, 0.4) is 0 Å². The van der Waals surface area contributed by atoms with Crippen molar-refractivity contribution in [2.75, 3.05) is 47.1 Å². The minimum Gasteiger partial charge on any atom is -0.506 e. The Labute approximate surface area is 405 Å². The first kappa shape index (κ1) is 46.4. The van der Waals surface area contributed by atoms with Crippen LogP contribution in [0.4, 0.5) is 0 Å². The Morgan fingerprint density at radius 1 is 1.04 bits per heavy atom. The number of nitrogens with zero attached hydrogens (tertiary/aromatic N) is 1. The van der Waals surface area contributed by atoms with Gasteiger partial charge in [0, 0.05) is 61.5 Å². The highest BCUT2D eigenvalue weighted by molar-refractivity contribution is 6.13. The Kier molecular flexibility index (Phi) is 12.6. The number of ether oxygens (including phenoxy) is 6. The fourth-order valence-corrected chi connectivity index (χ4v) is 12.0. The fourth-order valence-electron chi connectivity index (χ4n) is 12.0. The maximum Gasteiger partial charge on any atom is 0.254 e. The molecule has 15 heteroatoms. The van der Waals surface area contributed by atoms with Crippen molar-refractivity contribution in [3.63, 3.8) is 0 Å². The van der Waals surface area contributed by atoms with Gasteiger partial charge < -0.3 is 64.0 Å². The molecule has 11 rings (SSSR count). The number of nitrogens with one attached hydrogen (secondary N) is 2. The van der Waals surface area contributed by atoms with Crippen molar-refractivity contribution in [1.29, 1.82) is 0 Å². The highest BCUT2D eigenvalue weighted by Crippen LogP contribution is 2.56. The van der Waals surface area contributed by atoms with Gasteiger partial charge in [-0.2, -0.15) is 0 Å². The smallest absolute Gasteiger partial charge is 0.254 e. The summed E-state index contributed by atoms with van der Waals surface area (Å²) in [6, 6.07) is 13.4. The largest absolute Gasteiger partial charge is 0.506 e. The molecule has 2 fully saturated rings. The van der Waals surface area contributed by atoms with E-state index in [9.17, 15) is 25.2 Å². The van der Waals surface area contributed by atoms with Gasteiger partial charge in [-0.05, 0) is 120 Å². The molecule has 0 radical (unpaired) electrons. The van der Waals surface area contributed by atoms with Crippen molar-refractivity contribution < 1.29 is 58.4 Å². The molecule has 5 aromatic rings. The first-order valence-corrected chi connectivity index (χ1v) is 24.5. The summed E-state index contributed by atoms with van der Waals surface area (Å²) in [4.78, 5) is 34.2. The molecule has 6 aliphatic rings. The first-order chi connectivity index (χ1) is 34.1. The number of unbranched alkanes of at least 4 members (excludes halogenated alkanes) is 1. The molecule has 5 heterocycles. The minimum absolute atomic E-state index is 0.000747. The molecular formula is C55H59N3O12. The number of ketones is 1. The number of fused-ring (bicyclic) bond motifs is 10. The maximum absolute atomic E-state index is 15.2. The minimum atomic E-state index is -2.45. The number of amides is 1. The maximum atomic E-state index is 15.2. The number of aromatic amines is 1. The third-order valence-corrected chi connectivity index (χ3v) is 15.6. The summed E-state index contributed by atoms with van der Waals surface area (Å²) in [5.74, 6) is 2.64. The number of carbonyl (C=O) groups is 2. The average molecular weight is 954 g/mol. The van der Waals surface area contributed by atoms with E-state index in [2.05, 4.69) is 34.5 Å². The number of hydrogen-bond acceptors (Lipinski definition) is 13. The second-order valence-electron chi connectivity index (χ2n) is 19.6. The number of phenolic OH excluding ortho intramolecular Hbond substituents is 1. The zero-order chi connectivity index (χ0) is 48.3. The van der Waals surface area contributed by atoms with Crippen LogP contribution in [0.2, 0.25) is 0 Å². The lowest BCUT2D eigenvalue weighted by Crippen LogP contribution is -2.70. The fraction of sp³-hybridized carbons (Fsp3) is 0.455. The van der Waals surface area contributed by atoms with Gasteiger partial charge in [-0.3, -0.25) is 9.59 Å². The zero-order valence-corrected chi connectivity index (χ0v) is 39.4. The van der Waals surface area contributed by atoms with E-state index >= 15 is 4.79 Å². The van der Waals surface area contributed by atoms with Crippen molar-refractivity contribution in [2.45, 2.75) is 107 Å². The monoisotopic (exact) mass is 953 g/mol. The van der Waals surface area contributed by atoms with Gasteiger partial charge in [0.05, 0.1) is 43.4 Å². The van der Waals surface area contributed by atoms with Crippen LogP contribution in [0.25, 0.3) is 27.8 Å². The highest BCUT2D eigenvalue weighted by Gasteiger charge is 2.59. The molecule has 366 valence electrons. The van der Waals surface area contributed by atoms with Gasteiger partial charge in [0.1, 0.15) is 41.7 Å².